The highest BCUT2D eigenvalue weighted by Crippen LogP contribution is 2.36. The minimum Gasteiger partial charge on any atom is -0.396 e. The molecular weight excluding hydrogens is 271 g/mol. The number of nitrogens with zero attached hydrogens (tertiary/aromatic N) is 1. The molecule has 0 unspecified atom stereocenters. The van der Waals surface area contributed by atoms with E-state index in [-0.39, 0.29) is 13.0 Å². The third kappa shape index (κ3) is 4.46. The lowest BCUT2D eigenvalue weighted by Gasteiger charge is -2.30. The van der Waals surface area contributed by atoms with Crippen LogP contribution in [0.25, 0.3) is 0 Å². The molecule has 0 amide bonds. The molecule has 2 rings (SSSR count). The van der Waals surface area contributed by atoms with Crippen molar-refractivity contribution in [2.45, 2.75) is 51.8 Å². The van der Waals surface area contributed by atoms with E-state index in [4.69, 9.17) is 5.11 Å². The number of halogens is 1. The number of nitrogens with one attached hydrogen (secondary N) is 1. The quantitative estimate of drug-likeness (QED) is 0.798. The molecule has 4 nitrogen and oxygen atoms in total. The van der Waals surface area contributed by atoms with Crippen LogP contribution in [0.3, 0.4) is 0 Å². The number of aliphatic hydroxyl groups is 2. The lowest BCUT2D eigenvalue weighted by Crippen LogP contribution is -2.37. The lowest BCUT2D eigenvalue weighted by atomic mass is 9.87. The Morgan fingerprint density at radius 2 is 2.00 bits per heavy atom. The summed E-state index contributed by atoms with van der Waals surface area (Å²) in [6.45, 7) is 7.06. The van der Waals surface area contributed by atoms with Gasteiger partial charge in [0.15, 0.2) is 5.67 Å². The molecule has 1 atom stereocenters. The highest BCUT2D eigenvalue weighted by molar-refractivity contribution is 5.30. The van der Waals surface area contributed by atoms with Crippen molar-refractivity contribution in [1.82, 2.24) is 10.3 Å². The molecular formula is C16H27FN2O2. The van der Waals surface area contributed by atoms with Gasteiger partial charge in [0.1, 0.15) is 0 Å². The van der Waals surface area contributed by atoms with E-state index < -0.39 is 11.8 Å². The van der Waals surface area contributed by atoms with Gasteiger partial charge >= 0.3 is 0 Å². The molecule has 0 bridgehead atoms. The van der Waals surface area contributed by atoms with Gasteiger partial charge < -0.3 is 15.5 Å². The molecule has 1 aromatic rings. The maximum Gasteiger partial charge on any atom is 0.155 e. The number of hydrogen-bond acceptors (Lipinski definition) is 4. The Hall–Kier alpha value is -1.04. The van der Waals surface area contributed by atoms with Gasteiger partial charge in [0.05, 0.1) is 11.8 Å². The van der Waals surface area contributed by atoms with Crippen LogP contribution < -0.4 is 5.32 Å². The Morgan fingerprint density at radius 1 is 1.38 bits per heavy atom. The predicted molar refractivity (Wildman–Crippen MR) is 81.9 cm³/mol. The molecule has 120 valence electrons. The van der Waals surface area contributed by atoms with Gasteiger partial charge in [0.2, 0.25) is 0 Å². The second-order valence-electron chi connectivity index (χ2n) is 5.18. The maximum atomic E-state index is 14.8. The van der Waals surface area contributed by atoms with Gasteiger partial charge in [-0.3, -0.25) is 4.98 Å². The molecule has 21 heavy (non-hydrogen) atoms. The van der Waals surface area contributed by atoms with Crippen LogP contribution in [0.5, 0.6) is 0 Å². The van der Waals surface area contributed by atoms with Crippen LogP contribution in [0, 0.1) is 6.92 Å². The highest BCUT2D eigenvalue weighted by atomic mass is 19.1. The topological polar surface area (TPSA) is 65.4 Å². The number of aromatic nitrogens is 1. The Kier molecular flexibility index (Phi) is 7.22. The van der Waals surface area contributed by atoms with E-state index in [1.165, 1.54) is 6.20 Å². The SMILES string of the molecule is CC.Cc1cc([C@H](O)CCO)cnc1C1(F)CCNCC1. The number of aliphatic hydroxyl groups excluding tert-OH is 2. The normalized spacial score (nSPS) is 18.6. The molecule has 0 radical (unpaired) electrons. The molecule has 1 fully saturated rings. The first-order valence-electron chi connectivity index (χ1n) is 7.72. The molecule has 0 aliphatic carbocycles. The fourth-order valence-corrected chi connectivity index (χ4v) is 2.60. The Balaban J connectivity index is 0.00000106. The summed E-state index contributed by atoms with van der Waals surface area (Å²) in [4.78, 5) is 4.23. The van der Waals surface area contributed by atoms with E-state index in [0.29, 0.717) is 37.2 Å². The van der Waals surface area contributed by atoms with E-state index in [1.54, 1.807) is 6.07 Å². The van der Waals surface area contributed by atoms with Crippen LogP contribution in [0.15, 0.2) is 12.3 Å². The smallest absolute Gasteiger partial charge is 0.155 e. The molecule has 1 aliphatic heterocycles. The zero-order chi connectivity index (χ0) is 15.9. The van der Waals surface area contributed by atoms with Gasteiger partial charge in [0, 0.05) is 19.2 Å². The van der Waals surface area contributed by atoms with Crippen molar-refractivity contribution in [1.29, 1.82) is 0 Å². The average Bonchev–Trinajstić information content (AvgIpc) is 2.50. The number of piperidine rings is 1. The Bertz CT molecular complexity index is 434. The predicted octanol–water partition coefficient (Wildman–Crippen LogP) is 2.38. The number of pyridine rings is 1. The van der Waals surface area contributed by atoms with E-state index in [0.717, 1.165) is 5.56 Å². The first-order chi connectivity index (χ1) is 10.1. The van der Waals surface area contributed by atoms with Gasteiger partial charge in [-0.1, -0.05) is 19.9 Å². The van der Waals surface area contributed by atoms with Crippen LogP contribution in [-0.2, 0) is 5.67 Å². The molecule has 2 heterocycles. The minimum absolute atomic E-state index is 0.0827. The summed E-state index contributed by atoms with van der Waals surface area (Å²) in [6.07, 6.45) is 1.91. The molecule has 0 aromatic carbocycles. The second-order valence-corrected chi connectivity index (χ2v) is 5.18. The van der Waals surface area contributed by atoms with Crippen LogP contribution in [0.2, 0.25) is 0 Å². The summed E-state index contributed by atoms with van der Waals surface area (Å²) in [5.41, 5.74) is 0.510. The summed E-state index contributed by atoms with van der Waals surface area (Å²) >= 11 is 0. The van der Waals surface area contributed by atoms with Crippen LogP contribution in [-0.4, -0.2) is 34.9 Å². The Labute approximate surface area is 126 Å². The maximum absolute atomic E-state index is 14.8. The largest absolute Gasteiger partial charge is 0.396 e. The van der Waals surface area contributed by atoms with E-state index >= 15 is 0 Å². The van der Waals surface area contributed by atoms with Gasteiger partial charge in [0.25, 0.3) is 0 Å². The Morgan fingerprint density at radius 3 is 2.52 bits per heavy atom. The molecule has 0 spiro atoms. The van der Waals surface area contributed by atoms with Gasteiger partial charge in [-0.2, -0.15) is 0 Å². The highest BCUT2D eigenvalue weighted by Gasteiger charge is 2.36. The molecule has 3 N–H and O–H groups in total. The van der Waals surface area contributed by atoms with Crippen LogP contribution in [0.4, 0.5) is 4.39 Å². The monoisotopic (exact) mass is 298 g/mol. The van der Waals surface area contributed by atoms with Crippen molar-refractivity contribution < 1.29 is 14.6 Å². The first kappa shape index (κ1) is 18.0. The minimum atomic E-state index is -1.37. The van der Waals surface area contributed by atoms with Crippen molar-refractivity contribution >= 4 is 0 Å². The van der Waals surface area contributed by atoms with Gasteiger partial charge in [-0.15, -0.1) is 0 Å². The van der Waals surface area contributed by atoms with Gasteiger partial charge in [-0.25, -0.2) is 4.39 Å². The standard InChI is InChI=1S/C14H21FN2O2.C2H6/c1-10-8-11(12(19)2-7-18)9-17-13(10)14(15)3-5-16-6-4-14;1-2/h8-9,12,16,18-19H,2-7H2,1H3;1-2H3/t12-;/m1./s1. The summed E-state index contributed by atoms with van der Waals surface area (Å²) < 4.78 is 14.8. The third-order valence-corrected chi connectivity index (χ3v) is 3.71. The van der Waals surface area contributed by atoms with Crippen LogP contribution in [0.1, 0.15) is 56.0 Å². The molecule has 1 saturated heterocycles. The van der Waals surface area contributed by atoms with Crippen molar-refractivity contribution in [2.24, 2.45) is 0 Å². The van der Waals surface area contributed by atoms with E-state index in [1.807, 2.05) is 20.8 Å². The van der Waals surface area contributed by atoms with Crippen molar-refractivity contribution in [3.05, 3.63) is 29.1 Å². The molecule has 1 aliphatic rings. The van der Waals surface area contributed by atoms with E-state index in [9.17, 15) is 9.50 Å². The van der Waals surface area contributed by atoms with Gasteiger partial charge in [-0.05, 0) is 44.0 Å². The summed E-state index contributed by atoms with van der Waals surface area (Å²) in [5, 5.41) is 21.8. The zero-order valence-electron chi connectivity index (χ0n) is 13.2. The fourth-order valence-electron chi connectivity index (χ4n) is 2.60. The molecule has 1 aromatic heterocycles. The van der Waals surface area contributed by atoms with Crippen molar-refractivity contribution in [3.8, 4) is 0 Å². The number of hydrogen-bond donors (Lipinski definition) is 3. The number of rotatable bonds is 4. The summed E-state index contributed by atoms with van der Waals surface area (Å²) in [6, 6.07) is 1.77. The second kappa shape index (κ2) is 8.41. The molecule has 5 heteroatoms. The average molecular weight is 298 g/mol. The van der Waals surface area contributed by atoms with Crippen molar-refractivity contribution in [2.75, 3.05) is 19.7 Å². The van der Waals surface area contributed by atoms with Crippen LogP contribution >= 0.6 is 0 Å². The number of alkyl halides is 1. The molecule has 0 saturated carbocycles. The van der Waals surface area contributed by atoms with Crippen molar-refractivity contribution in [3.63, 3.8) is 0 Å². The summed E-state index contributed by atoms with van der Waals surface area (Å²) in [5.74, 6) is 0. The first-order valence-corrected chi connectivity index (χ1v) is 7.72. The lowest BCUT2D eigenvalue weighted by molar-refractivity contribution is 0.108. The third-order valence-electron chi connectivity index (χ3n) is 3.71. The zero-order valence-corrected chi connectivity index (χ0v) is 13.2. The van der Waals surface area contributed by atoms with E-state index in [2.05, 4.69) is 10.3 Å². The number of aryl methyl sites for hydroxylation is 1. The fraction of sp³-hybridized carbons (Fsp3) is 0.688. The summed E-state index contributed by atoms with van der Waals surface area (Å²) in [7, 11) is 0.